The van der Waals surface area contributed by atoms with Gasteiger partial charge in [0.1, 0.15) is 21.0 Å². The van der Waals surface area contributed by atoms with Gasteiger partial charge >= 0.3 is 17.6 Å². The highest BCUT2D eigenvalue weighted by Crippen LogP contribution is 2.36. The van der Waals surface area contributed by atoms with E-state index in [9.17, 15) is 24.3 Å². The molecule has 0 aliphatic carbocycles. The molecule has 0 aliphatic rings. The molecule has 0 atom stereocenters. The SMILES string of the molecule is CCOC(=O)c1sc(N=Cc2c(O)n(-c3cccc4ccccc34)c(=O)[nH]c2=O)c(C(=O)OCC)c1C. The number of fused-ring (bicyclic) bond motifs is 1. The van der Waals surface area contributed by atoms with Gasteiger partial charge in [0.25, 0.3) is 5.56 Å². The van der Waals surface area contributed by atoms with Crippen LogP contribution in [0.2, 0.25) is 0 Å². The molecule has 190 valence electrons. The summed E-state index contributed by atoms with van der Waals surface area (Å²) >= 11 is 0.889. The van der Waals surface area contributed by atoms with Crippen LogP contribution in [-0.4, -0.2) is 46.0 Å². The minimum Gasteiger partial charge on any atom is -0.493 e. The fourth-order valence-electron chi connectivity index (χ4n) is 3.83. The number of aromatic amines is 1. The van der Waals surface area contributed by atoms with Crippen LogP contribution in [0.5, 0.6) is 5.88 Å². The third kappa shape index (κ3) is 4.81. The van der Waals surface area contributed by atoms with Crippen molar-refractivity contribution in [2.75, 3.05) is 13.2 Å². The van der Waals surface area contributed by atoms with Crippen LogP contribution in [0, 0.1) is 6.92 Å². The lowest BCUT2D eigenvalue weighted by Crippen LogP contribution is -2.31. The number of nitrogens with one attached hydrogen (secondary N) is 1. The van der Waals surface area contributed by atoms with E-state index in [0.717, 1.165) is 27.5 Å². The van der Waals surface area contributed by atoms with Crippen molar-refractivity contribution in [3.05, 3.63) is 84.9 Å². The molecule has 0 aliphatic heterocycles. The highest BCUT2D eigenvalue weighted by Gasteiger charge is 2.26. The molecule has 0 saturated heterocycles. The number of rotatable bonds is 7. The Hall–Kier alpha value is -4.51. The molecule has 10 nitrogen and oxygen atoms in total. The number of esters is 2. The number of thiophene rings is 1. The van der Waals surface area contributed by atoms with Crippen LogP contribution in [0.15, 0.2) is 57.0 Å². The van der Waals surface area contributed by atoms with E-state index in [4.69, 9.17) is 9.47 Å². The van der Waals surface area contributed by atoms with Crippen molar-refractivity contribution in [2.24, 2.45) is 4.99 Å². The predicted molar refractivity (Wildman–Crippen MR) is 140 cm³/mol. The van der Waals surface area contributed by atoms with E-state index in [1.54, 1.807) is 45.0 Å². The second-order valence-electron chi connectivity index (χ2n) is 7.77. The molecular weight excluding hydrogens is 498 g/mol. The van der Waals surface area contributed by atoms with Gasteiger partial charge in [0.05, 0.1) is 18.9 Å². The molecular formula is C26H23N3O7S. The second kappa shape index (κ2) is 10.6. The van der Waals surface area contributed by atoms with Crippen LogP contribution in [-0.2, 0) is 9.47 Å². The first-order valence-electron chi connectivity index (χ1n) is 11.4. The van der Waals surface area contributed by atoms with Crippen molar-refractivity contribution < 1.29 is 24.2 Å². The predicted octanol–water partition coefficient (Wildman–Crippen LogP) is 3.86. The summed E-state index contributed by atoms with van der Waals surface area (Å²) in [6, 6.07) is 12.5. The Labute approximate surface area is 214 Å². The number of aliphatic imine (C=N–C) groups is 1. The van der Waals surface area contributed by atoms with E-state index in [-0.39, 0.29) is 34.2 Å². The monoisotopic (exact) mass is 521 g/mol. The fraction of sp³-hybridized carbons (Fsp3) is 0.192. The number of hydrogen-bond donors (Lipinski definition) is 2. The number of carbonyl (C=O) groups is 2. The number of aromatic hydroxyl groups is 1. The van der Waals surface area contributed by atoms with Gasteiger partial charge in [-0.2, -0.15) is 0 Å². The lowest BCUT2D eigenvalue weighted by molar-refractivity contribution is 0.0527. The van der Waals surface area contributed by atoms with E-state index in [1.807, 2.05) is 18.2 Å². The van der Waals surface area contributed by atoms with Crippen molar-refractivity contribution >= 4 is 45.3 Å². The van der Waals surface area contributed by atoms with Gasteiger partial charge in [-0.15, -0.1) is 11.3 Å². The summed E-state index contributed by atoms with van der Waals surface area (Å²) in [6.07, 6.45) is 1.04. The minimum absolute atomic E-state index is 0.0458. The average Bonchev–Trinajstić information content (AvgIpc) is 3.20. The maximum absolute atomic E-state index is 12.7. The fourth-order valence-corrected chi connectivity index (χ4v) is 4.86. The summed E-state index contributed by atoms with van der Waals surface area (Å²) in [6.45, 7) is 5.11. The van der Waals surface area contributed by atoms with Crippen molar-refractivity contribution in [3.63, 3.8) is 0 Å². The maximum Gasteiger partial charge on any atom is 0.348 e. The summed E-state index contributed by atoms with van der Waals surface area (Å²) < 4.78 is 11.2. The molecule has 4 rings (SSSR count). The Bertz CT molecular complexity index is 1660. The summed E-state index contributed by atoms with van der Waals surface area (Å²) in [5.41, 5.74) is -1.29. The van der Waals surface area contributed by atoms with Crippen molar-refractivity contribution in [1.29, 1.82) is 0 Å². The molecule has 37 heavy (non-hydrogen) atoms. The van der Waals surface area contributed by atoms with Gasteiger partial charge in [-0.1, -0.05) is 36.4 Å². The normalized spacial score (nSPS) is 11.2. The van der Waals surface area contributed by atoms with E-state index < -0.39 is 29.1 Å². The number of aromatic nitrogens is 2. The van der Waals surface area contributed by atoms with Crippen LogP contribution in [0.1, 0.15) is 45.0 Å². The average molecular weight is 522 g/mol. The Morgan fingerprint density at radius 2 is 1.73 bits per heavy atom. The number of H-pyrrole nitrogens is 1. The van der Waals surface area contributed by atoms with Crippen molar-refractivity contribution in [1.82, 2.24) is 9.55 Å². The molecule has 0 amide bonds. The van der Waals surface area contributed by atoms with E-state index in [0.29, 0.717) is 16.6 Å². The quantitative estimate of drug-likeness (QED) is 0.278. The summed E-state index contributed by atoms with van der Waals surface area (Å²) in [4.78, 5) is 57.0. The zero-order valence-electron chi connectivity index (χ0n) is 20.2. The number of nitrogens with zero attached hydrogens (tertiary/aromatic N) is 2. The highest BCUT2D eigenvalue weighted by atomic mass is 32.1. The molecule has 11 heteroatoms. The van der Waals surface area contributed by atoms with Gasteiger partial charge in [-0.25, -0.2) is 23.9 Å². The molecule has 0 unspecified atom stereocenters. The first kappa shape index (κ1) is 25.6. The lowest BCUT2D eigenvalue weighted by Gasteiger charge is -2.12. The van der Waals surface area contributed by atoms with Crippen molar-refractivity contribution in [2.45, 2.75) is 20.8 Å². The van der Waals surface area contributed by atoms with Crippen LogP contribution in [0.4, 0.5) is 5.00 Å². The van der Waals surface area contributed by atoms with Crippen LogP contribution in [0.25, 0.3) is 16.5 Å². The van der Waals surface area contributed by atoms with Crippen LogP contribution < -0.4 is 11.2 Å². The zero-order chi connectivity index (χ0) is 26.7. The Morgan fingerprint density at radius 1 is 1.05 bits per heavy atom. The van der Waals surface area contributed by atoms with Crippen LogP contribution >= 0.6 is 11.3 Å². The summed E-state index contributed by atoms with van der Waals surface area (Å²) in [5.74, 6) is -1.95. The Morgan fingerprint density at radius 3 is 2.46 bits per heavy atom. The summed E-state index contributed by atoms with van der Waals surface area (Å²) in [7, 11) is 0. The number of hydrogen-bond acceptors (Lipinski definition) is 9. The van der Waals surface area contributed by atoms with E-state index in [1.165, 1.54) is 0 Å². The number of ether oxygens (including phenoxy) is 2. The Kier molecular flexibility index (Phi) is 7.35. The Balaban J connectivity index is 1.87. The standard InChI is InChI=1S/C26H23N3O7S/c1-4-35-24(32)19-14(3)20(25(33)36-5-2)37-22(19)27-13-17-21(30)28-26(34)29(23(17)31)18-12-8-10-15-9-6-7-11-16(15)18/h6-13,31H,4-5H2,1-3H3,(H,28,30,34). The molecule has 0 saturated carbocycles. The molecule has 0 bridgehead atoms. The minimum atomic E-state index is -0.876. The van der Waals surface area contributed by atoms with Gasteiger partial charge in [-0.05, 0) is 37.8 Å². The molecule has 2 heterocycles. The third-order valence-electron chi connectivity index (χ3n) is 5.51. The van der Waals surface area contributed by atoms with Crippen molar-refractivity contribution in [3.8, 4) is 11.6 Å². The lowest BCUT2D eigenvalue weighted by atomic mass is 10.1. The molecule has 0 fully saturated rings. The third-order valence-corrected chi connectivity index (χ3v) is 6.69. The second-order valence-corrected chi connectivity index (χ2v) is 8.76. The van der Waals surface area contributed by atoms with E-state index in [2.05, 4.69) is 9.98 Å². The molecule has 0 spiro atoms. The topological polar surface area (TPSA) is 140 Å². The molecule has 4 aromatic rings. The highest BCUT2D eigenvalue weighted by molar-refractivity contribution is 7.18. The van der Waals surface area contributed by atoms with Crippen LogP contribution in [0.3, 0.4) is 0 Å². The summed E-state index contributed by atoms with van der Waals surface area (Å²) in [5, 5.41) is 12.6. The molecule has 0 radical (unpaired) electrons. The zero-order valence-corrected chi connectivity index (χ0v) is 21.0. The van der Waals surface area contributed by atoms with Gasteiger partial charge < -0.3 is 14.6 Å². The first-order valence-corrected chi connectivity index (χ1v) is 12.2. The smallest absolute Gasteiger partial charge is 0.348 e. The molecule has 2 N–H and O–H groups in total. The number of benzene rings is 2. The molecule has 2 aromatic carbocycles. The van der Waals surface area contributed by atoms with E-state index >= 15 is 0 Å². The first-order chi connectivity index (χ1) is 17.8. The van der Waals surface area contributed by atoms with Gasteiger partial charge in [0, 0.05) is 11.6 Å². The number of carbonyl (C=O) groups excluding carboxylic acids is 2. The molecule has 2 aromatic heterocycles. The maximum atomic E-state index is 12.7. The van der Waals surface area contributed by atoms with Gasteiger partial charge in [-0.3, -0.25) is 9.78 Å². The van der Waals surface area contributed by atoms with Gasteiger partial charge in [0.2, 0.25) is 5.88 Å². The largest absolute Gasteiger partial charge is 0.493 e. The van der Waals surface area contributed by atoms with Gasteiger partial charge in [0.15, 0.2) is 0 Å².